The lowest BCUT2D eigenvalue weighted by Gasteiger charge is -2.08. The van der Waals surface area contributed by atoms with Crippen molar-refractivity contribution in [3.63, 3.8) is 0 Å². The number of carbonyl (C=O) groups excluding carboxylic acids is 1. The zero-order chi connectivity index (χ0) is 20.2. The standard InChI is InChI=1S/C23H15Br2NO3/c24-19-7-3-1-5-16(19)14-28-17-11-9-15(10-12-17)13-21-23(27)29-22(26-21)18-6-2-4-8-20(18)25/h1-13H,14H2/b21-13-. The first-order valence-electron chi connectivity index (χ1n) is 8.84. The number of benzene rings is 3. The van der Waals surface area contributed by atoms with Gasteiger partial charge >= 0.3 is 5.97 Å². The van der Waals surface area contributed by atoms with Crippen molar-refractivity contribution < 1.29 is 14.3 Å². The summed E-state index contributed by atoms with van der Waals surface area (Å²) in [7, 11) is 0. The molecule has 0 spiro atoms. The van der Waals surface area contributed by atoms with Crippen LogP contribution in [-0.2, 0) is 16.1 Å². The topological polar surface area (TPSA) is 47.9 Å². The second kappa shape index (κ2) is 8.76. The number of halogens is 2. The van der Waals surface area contributed by atoms with Gasteiger partial charge in [-0.05, 0) is 57.9 Å². The molecule has 1 aliphatic heterocycles. The Kier molecular flexibility index (Phi) is 5.92. The SMILES string of the molecule is O=C1OC(c2ccccc2Br)=N/C1=C\c1ccc(OCc2ccccc2Br)cc1. The van der Waals surface area contributed by atoms with E-state index in [1.54, 1.807) is 6.08 Å². The van der Waals surface area contributed by atoms with E-state index >= 15 is 0 Å². The Balaban J connectivity index is 1.48. The molecule has 0 N–H and O–H groups in total. The molecule has 0 aliphatic carbocycles. The molecular formula is C23H15Br2NO3. The highest BCUT2D eigenvalue weighted by atomic mass is 79.9. The van der Waals surface area contributed by atoms with Crippen LogP contribution >= 0.6 is 31.9 Å². The van der Waals surface area contributed by atoms with E-state index in [1.165, 1.54) is 0 Å². The van der Waals surface area contributed by atoms with Crippen LogP contribution in [0.1, 0.15) is 16.7 Å². The largest absolute Gasteiger partial charge is 0.489 e. The molecule has 29 heavy (non-hydrogen) atoms. The van der Waals surface area contributed by atoms with Gasteiger partial charge in [-0.2, -0.15) is 0 Å². The summed E-state index contributed by atoms with van der Waals surface area (Å²) in [4.78, 5) is 16.5. The molecule has 1 heterocycles. The number of aliphatic imine (C=N–C) groups is 1. The van der Waals surface area contributed by atoms with Crippen LogP contribution in [-0.4, -0.2) is 11.9 Å². The maximum atomic E-state index is 12.2. The van der Waals surface area contributed by atoms with Crippen LogP contribution in [0.2, 0.25) is 0 Å². The minimum absolute atomic E-state index is 0.262. The molecule has 6 heteroatoms. The van der Waals surface area contributed by atoms with Gasteiger partial charge in [-0.15, -0.1) is 0 Å². The van der Waals surface area contributed by atoms with Crippen molar-refractivity contribution in [3.8, 4) is 5.75 Å². The average molecular weight is 513 g/mol. The maximum Gasteiger partial charge on any atom is 0.363 e. The molecule has 4 nitrogen and oxygen atoms in total. The maximum absolute atomic E-state index is 12.2. The predicted molar refractivity (Wildman–Crippen MR) is 120 cm³/mol. The minimum Gasteiger partial charge on any atom is -0.489 e. The van der Waals surface area contributed by atoms with Crippen LogP contribution < -0.4 is 4.74 Å². The summed E-state index contributed by atoms with van der Waals surface area (Å²) in [5.74, 6) is 0.571. The summed E-state index contributed by atoms with van der Waals surface area (Å²) in [6.07, 6.45) is 1.70. The summed E-state index contributed by atoms with van der Waals surface area (Å²) in [6.45, 7) is 0.466. The van der Waals surface area contributed by atoms with Crippen molar-refractivity contribution in [3.05, 3.63) is 104 Å². The molecule has 3 aromatic carbocycles. The van der Waals surface area contributed by atoms with Gasteiger partial charge in [0.15, 0.2) is 5.70 Å². The summed E-state index contributed by atoms with van der Waals surface area (Å²) in [5, 5.41) is 0. The van der Waals surface area contributed by atoms with E-state index in [2.05, 4.69) is 36.9 Å². The van der Waals surface area contributed by atoms with Crippen LogP contribution in [0, 0.1) is 0 Å². The molecule has 0 atom stereocenters. The molecule has 0 unspecified atom stereocenters. The average Bonchev–Trinajstić information content (AvgIpc) is 3.09. The first-order chi connectivity index (χ1) is 14.1. The lowest BCUT2D eigenvalue weighted by atomic mass is 10.2. The van der Waals surface area contributed by atoms with Crippen molar-refractivity contribution in [2.75, 3.05) is 0 Å². The van der Waals surface area contributed by atoms with Crippen LogP contribution in [0.5, 0.6) is 5.75 Å². The van der Waals surface area contributed by atoms with E-state index in [1.807, 2.05) is 72.8 Å². The van der Waals surface area contributed by atoms with Crippen molar-refractivity contribution >= 4 is 49.8 Å². The molecular weight excluding hydrogens is 498 g/mol. The highest BCUT2D eigenvalue weighted by molar-refractivity contribution is 9.10. The van der Waals surface area contributed by atoms with E-state index in [-0.39, 0.29) is 5.70 Å². The van der Waals surface area contributed by atoms with Crippen molar-refractivity contribution in [1.82, 2.24) is 0 Å². The van der Waals surface area contributed by atoms with Crippen molar-refractivity contribution in [1.29, 1.82) is 0 Å². The number of cyclic esters (lactones) is 1. The summed E-state index contributed by atoms with van der Waals surface area (Å²) in [6, 6.07) is 22.9. The molecule has 0 bridgehead atoms. The molecule has 0 saturated heterocycles. The zero-order valence-electron chi connectivity index (χ0n) is 15.1. The molecule has 0 saturated carbocycles. The molecule has 4 rings (SSSR count). The van der Waals surface area contributed by atoms with E-state index in [4.69, 9.17) is 9.47 Å². The predicted octanol–water partition coefficient (Wildman–Crippen LogP) is 6.14. The van der Waals surface area contributed by atoms with Gasteiger partial charge in [0, 0.05) is 14.5 Å². The number of ether oxygens (including phenoxy) is 2. The summed E-state index contributed by atoms with van der Waals surface area (Å²) >= 11 is 6.96. The lowest BCUT2D eigenvalue weighted by Crippen LogP contribution is -2.05. The minimum atomic E-state index is -0.468. The Labute approximate surface area is 185 Å². The molecule has 0 fully saturated rings. The van der Waals surface area contributed by atoms with Crippen molar-refractivity contribution in [2.24, 2.45) is 4.99 Å². The number of hydrogen-bond donors (Lipinski definition) is 0. The van der Waals surface area contributed by atoms with Gasteiger partial charge in [-0.25, -0.2) is 9.79 Å². The van der Waals surface area contributed by atoms with E-state index in [0.717, 1.165) is 31.4 Å². The van der Waals surface area contributed by atoms with Gasteiger partial charge in [0.25, 0.3) is 0 Å². The van der Waals surface area contributed by atoms with Crippen LogP contribution in [0.15, 0.2) is 92.4 Å². The molecule has 3 aromatic rings. The molecule has 144 valence electrons. The third-order valence-electron chi connectivity index (χ3n) is 4.26. The van der Waals surface area contributed by atoms with Crippen LogP contribution in [0.25, 0.3) is 6.08 Å². The Morgan fingerprint density at radius 2 is 1.59 bits per heavy atom. The second-order valence-electron chi connectivity index (χ2n) is 6.27. The van der Waals surface area contributed by atoms with E-state index in [9.17, 15) is 4.79 Å². The van der Waals surface area contributed by atoms with Crippen molar-refractivity contribution in [2.45, 2.75) is 6.61 Å². The number of nitrogens with zero attached hydrogens (tertiary/aromatic N) is 1. The smallest absolute Gasteiger partial charge is 0.363 e. The third-order valence-corrected chi connectivity index (χ3v) is 5.73. The summed E-state index contributed by atoms with van der Waals surface area (Å²) in [5.41, 5.74) is 2.90. The Morgan fingerprint density at radius 1 is 0.897 bits per heavy atom. The first-order valence-corrected chi connectivity index (χ1v) is 10.4. The fourth-order valence-electron chi connectivity index (χ4n) is 2.75. The highest BCUT2D eigenvalue weighted by Crippen LogP contribution is 2.25. The van der Waals surface area contributed by atoms with E-state index in [0.29, 0.717) is 12.5 Å². The van der Waals surface area contributed by atoms with Gasteiger partial charge in [-0.3, -0.25) is 0 Å². The number of hydrogen-bond acceptors (Lipinski definition) is 4. The highest BCUT2D eigenvalue weighted by Gasteiger charge is 2.25. The number of rotatable bonds is 5. The Bertz CT molecular complexity index is 1120. The lowest BCUT2D eigenvalue weighted by molar-refractivity contribution is -0.129. The zero-order valence-corrected chi connectivity index (χ0v) is 18.3. The first kappa shape index (κ1) is 19.6. The van der Waals surface area contributed by atoms with Gasteiger partial charge in [-0.1, -0.05) is 58.4 Å². The number of carbonyl (C=O) groups is 1. The van der Waals surface area contributed by atoms with Gasteiger partial charge in [0.1, 0.15) is 12.4 Å². The normalized spacial score (nSPS) is 14.6. The van der Waals surface area contributed by atoms with Gasteiger partial charge in [0.05, 0.1) is 5.56 Å². The van der Waals surface area contributed by atoms with Crippen LogP contribution in [0.3, 0.4) is 0 Å². The van der Waals surface area contributed by atoms with Crippen LogP contribution in [0.4, 0.5) is 0 Å². The van der Waals surface area contributed by atoms with Gasteiger partial charge in [0.2, 0.25) is 5.90 Å². The molecule has 0 aromatic heterocycles. The monoisotopic (exact) mass is 511 g/mol. The number of esters is 1. The third kappa shape index (κ3) is 4.66. The molecule has 0 radical (unpaired) electrons. The second-order valence-corrected chi connectivity index (χ2v) is 7.97. The van der Waals surface area contributed by atoms with Gasteiger partial charge < -0.3 is 9.47 Å². The molecule has 1 aliphatic rings. The van der Waals surface area contributed by atoms with E-state index < -0.39 is 5.97 Å². The quantitative estimate of drug-likeness (QED) is 0.305. The Morgan fingerprint density at radius 3 is 2.31 bits per heavy atom. The Hall–Kier alpha value is -2.70. The fourth-order valence-corrected chi connectivity index (χ4v) is 3.61. The molecule has 0 amide bonds. The fraction of sp³-hybridized carbons (Fsp3) is 0.0435. The summed E-state index contributed by atoms with van der Waals surface area (Å²) < 4.78 is 13.0.